The predicted octanol–water partition coefficient (Wildman–Crippen LogP) is 0.255. The molecule has 0 bridgehead atoms. The lowest BCUT2D eigenvalue weighted by atomic mass is 9.97. The third-order valence-corrected chi connectivity index (χ3v) is 4.98. The summed E-state index contributed by atoms with van der Waals surface area (Å²) in [6.45, 7) is 3.33. The van der Waals surface area contributed by atoms with Gasteiger partial charge >= 0.3 is 5.97 Å². The van der Waals surface area contributed by atoms with Crippen molar-refractivity contribution in [2.75, 3.05) is 33.4 Å². The van der Waals surface area contributed by atoms with Gasteiger partial charge in [0, 0.05) is 24.7 Å². The van der Waals surface area contributed by atoms with E-state index in [1.807, 2.05) is 0 Å². The zero-order valence-electron chi connectivity index (χ0n) is 10.9. The summed E-state index contributed by atoms with van der Waals surface area (Å²) in [5, 5.41) is 9.25. The molecule has 1 N–H and O–H groups in total. The number of rotatable bonds is 3. The van der Waals surface area contributed by atoms with Gasteiger partial charge in [-0.2, -0.15) is 0 Å². The van der Waals surface area contributed by atoms with Gasteiger partial charge in [-0.15, -0.1) is 0 Å². The second-order valence-corrected chi connectivity index (χ2v) is 5.82. The summed E-state index contributed by atoms with van der Waals surface area (Å²) >= 11 is 0. The number of hydrogen-bond acceptors (Lipinski definition) is 4. The summed E-state index contributed by atoms with van der Waals surface area (Å²) in [7, 11) is 2.09. The van der Waals surface area contributed by atoms with E-state index in [0.29, 0.717) is 25.3 Å². The largest absolute Gasteiger partial charge is 0.481 e. The average Bonchev–Trinajstić information content (AvgIpc) is 3.03. The standard InChI is InChI=1S/C13H22N2O3/c1-14(12-8-18-7-9(12)13(16)17)10-4-6-15-5-2-3-11(10)15/h9-12H,2-8H2,1H3,(H,16,17). The number of nitrogens with zero attached hydrogens (tertiary/aromatic N) is 2. The highest BCUT2D eigenvalue weighted by Gasteiger charge is 2.45. The molecular formula is C13H22N2O3. The SMILES string of the molecule is CN(C1COCC1C(=O)O)C1CCN2CCCC12. The lowest BCUT2D eigenvalue weighted by Gasteiger charge is -2.35. The van der Waals surface area contributed by atoms with E-state index in [1.165, 1.54) is 32.4 Å². The molecule has 18 heavy (non-hydrogen) atoms. The molecule has 0 spiro atoms. The van der Waals surface area contributed by atoms with Gasteiger partial charge in [0.05, 0.1) is 19.1 Å². The highest BCUT2D eigenvalue weighted by Crippen LogP contribution is 2.33. The molecule has 0 aromatic carbocycles. The number of ether oxygens (including phenoxy) is 1. The monoisotopic (exact) mass is 254 g/mol. The third kappa shape index (κ3) is 1.94. The number of fused-ring (bicyclic) bond motifs is 1. The topological polar surface area (TPSA) is 53.0 Å². The zero-order valence-corrected chi connectivity index (χ0v) is 10.9. The maximum Gasteiger partial charge on any atom is 0.310 e. The molecule has 3 rings (SSSR count). The number of carboxylic acid groups (broad SMARTS) is 1. The Hall–Kier alpha value is -0.650. The molecule has 3 fully saturated rings. The fourth-order valence-electron chi connectivity index (χ4n) is 3.96. The van der Waals surface area contributed by atoms with Gasteiger partial charge in [0.15, 0.2) is 0 Å². The van der Waals surface area contributed by atoms with Gasteiger partial charge in [0.2, 0.25) is 0 Å². The summed E-state index contributed by atoms with van der Waals surface area (Å²) in [6, 6.07) is 1.21. The summed E-state index contributed by atoms with van der Waals surface area (Å²) in [5.74, 6) is -1.07. The van der Waals surface area contributed by atoms with Crippen molar-refractivity contribution >= 4 is 5.97 Å². The third-order valence-electron chi connectivity index (χ3n) is 4.98. The molecule has 4 atom stereocenters. The Kier molecular flexibility index (Phi) is 3.30. The molecular weight excluding hydrogens is 232 g/mol. The van der Waals surface area contributed by atoms with Crippen LogP contribution in [0.25, 0.3) is 0 Å². The fraction of sp³-hybridized carbons (Fsp3) is 0.923. The van der Waals surface area contributed by atoms with E-state index >= 15 is 0 Å². The van der Waals surface area contributed by atoms with Crippen molar-refractivity contribution < 1.29 is 14.6 Å². The summed E-state index contributed by atoms with van der Waals surface area (Å²) in [6.07, 6.45) is 3.73. The van der Waals surface area contributed by atoms with Gasteiger partial charge in [-0.25, -0.2) is 0 Å². The van der Waals surface area contributed by atoms with Gasteiger partial charge in [-0.1, -0.05) is 0 Å². The molecule has 0 radical (unpaired) electrons. The Morgan fingerprint density at radius 2 is 2.11 bits per heavy atom. The lowest BCUT2D eigenvalue weighted by Crippen LogP contribution is -2.50. The van der Waals surface area contributed by atoms with E-state index in [9.17, 15) is 9.90 Å². The minimum Gasteiger partial charge on any atom is -0.481 e. The molecule has 3 saturated heterocycles. The maximum absolute atomic E-state index is 11.2. The van der Waals surface area contributed by atoms with Crippen LogP contribution in [0.5, 0.6) is 0 Å². The van der Waals surface area contributed by atoms with E-state index in [-0.39, 0.29) is 12.0 Å². The van der Waals surface area contributed by atoms with Crippen molar-refractivity contribution in [3.8, 4) is 0 Å². The van der Waals surface area contributed by atoms with Crippen molar-refractivity contribution in [2.45, 2.75) is 37.4 Å². The van der Waals surface area contributed by atoms with Crippen LogP contribution in [-0.2, 0) is 9.53 Å². The van der Waals surface area contributed by atoms with E-state index in [4.69, 9.17) is 4.74 Å². The Labute approximate surface area is 108 Å². The molecule has 3 heterocycles. The Bertz CT molecular complexity index is 336. The molecule has 3 aliphatic heterocycles. The highest BCUT2D eigenvalue weighted by molar-refractivity contribution is 5.71. The number of carbonyl (C=O) groups is 1. The van der Waals surface area contributed by atoms with Crippen LogP contribution in [0.3, 0.4) is 0 Å². The Morgan fingerprint density at radius 3 is 2.89 bits per heavy atom. The molecule has 0 aliphatic carbocycles. The Balaban J connectivity index is 1.70. The number of carboxylic acids is 1. The fourth-order valence-corrected chi connectivity index (χ4v) is 3.96. The number of likely N-dealkylation sites (N-methyl/N-ethyl adjacent to an activating group) is 1. The van der Waals surface area contributed by atoms with Crippen molar-refractivity contribution in [3.05, 3.63) is 0 Å². The van der Waals surface area contributed by atoms with Crippen LogP contribution in [0.15, 0.2) is 0 Å². The van der Waals surface area contributed by atoms with Crippen LogP contribution in [-0.4, -0.2) is 72.4 Å². The van der Waals surface area contributed by atoms with Gasteiger partial charge < -0.3 is 9.84 Å². The van der Waals surface area contributed by atoms with Gasteiger partial charge in [0.1, 0.15) is 0 Å². The first-order valence-electron chi connectivity index (χ1n) is 6.95. The number of hydrogen-bond donors (Lipinski definition) is 1. The second-order valence-electron chi connectivity index (χ2n) is 5.82. The first-order valence-corrected chi connectivity index (χ1v) is 6.95. The predicted molar refractivity (Wildman–Crippen MR) is 66.5 cm³/mol. The highest BCUT2D eigenvalue weighted by atomic mass is 16.5. The molecule has 0 aromatic rings. The summed E-state index contributed by atoms with van der Waals surface area (Å²) in [4.78, 5) is 16.1. The lowest BCUT2D eigenvalue weighted by molar-refractivity contribution is -0.143. The smallest absolute Gasteiger partial charge is 0.310 e. The van der Waals surface area contributed by atoms with Crippen LogP contribution in [0.4, 0.5) is 0 Å². The quantitative estimate of drug-likeness (QED) is 0.782. The van der Waals surface area contributed by atoms with Gasteiger partial charge in [0.25, 0.3) is 0 Å². The van der Waals surface area contributed by atoms with E-state index in [1.54, 1.807) is 0 Å². The van der Waals surface area contributed by atoms with E-state index in [2.05, 4.69) is 16.8 Å². The van der Waals surface area contributed by atoms with E-state index in [0.717, 1.165) is 0 Å². The van der Waals surface area contributed by atoms with E-state index < -0.39 is 5.97 Å². The first kappa shape index (κ1) is 12.4. The average molecular weight is 254 g/mol. The van der Waals surface area contributed by atoms with Crippen molar-refractivity contribution in [1.29, 1.82) is 0 Å². The van der Waals surface area contributed by atoms with Crippen molar-refractivity contribution in [2.24, 2.45) is 5.92 Å². The molecule has 0 aromatic heterocycles. The molecule has 3 aliphatic rings. The molecule has 0 saturated carbocycles. The molecule has 0 amide bonds. The van der Waals surface area contributed by atoms with Crippen LogP contribution in [0.1, 0.15) is 19.3 Å². The van der Waals surface area contributed by atoms with Gasteiger partial charge in [-0.3, -0.25) is 14.6 Å². The minimum atomic E-state index is -0.717. The van der Waals surface area contributed by atoms with Crippen molar-refractivity contribution in [1.82, 2.24) is 9.80 Å². The van der Waals surface area contributed by atoms with Gasteiger partial charge in [-0.05, 0) is 32.9 Å². The van der Waals surface area contributed by atoms with Crippen LogP contribution >= 0.6 is 0 Å². The first-order chi connectivity index (χ1) is 8.68. The zero-order chi connectivity index (χ0) is 12.7. The number of aliphatic carboxylic acids is 1. The molecule has 102 valence electrons. The molecule has 5 heteroatoms. The van der Waals surface area contributed by atoms with Crippen molar-refractivity contribution in [3.63, 3.8) is 0 Å². The molecule has 4 unspecified atom stereocenters. The van der Waals surface area contributed by atoms with Crippen LogP contribution < -0.4 is 0 Å². The van der Waals surface area contributed by atoms with Crippen LogP contribution in [0, 0.1) is 5.92 Å². The summed E-state index contributed by atoms with van der Waals surface area (Å²) in [5.41, 5.74) is 0. The Morgan fingerprint density at radius 1 is 1.28 bits per heavy atom. The molecule has 5 nitrogen and oxygen atoms in total. The maximum atomic E-state index is 11.2. The minimum absolute atomic E-state index is 0.0491. The summed E-state index contributed by atoms with van der Waals surface area (Å²) < 4.78 is 5.39. The van der Waals surface area contributed by atoms with Crippen LogP contribution in [0.2, 0.25) is 0 Å². The normalized spacial score (nSPS) is 40.6. The second kappa shape index (κ2) is 4.79.